The monoisotopic (exact) mass is 370 g/mol. The van der Waals surface area contributed by atoms with E-state index in [0.29, 0.717) is 13.2 Å². The molecule has 2 amide bonds. The Hall–Kier alpha value is -2.34. The highest BCUT2D eigenvalue weighted by Gasteiger charge is 2.31. The number of nitrogens with one attached hydrogen (secondary N) is 1. The maximum absolute atomic E-state index is 12.8. The zero-order valence-electron chi connectivity index (χ0n) is 14.7. The fourth-order valence-electron chi connectivity index (χ4n) is 3.19. The summed E-state index contributed by atoms with van der Waals surface area (Å²) in [5.41, 5.74) is 3.15. The van der Waals surface area contributed by atoms with Gasteiger partial charge in [0.25, 0.3) is 0 Å². The van der Waals surface area contributed by atoms with Gasteiger partial charge in [-0.05, 0) is 41.8 Å². The summed E-state index contributed by atoms with van der Waals surface area (Å²) >= 11 is 1.77. The van der Waals surface area contributed by atoms with Crippen LogP contribution in [0.3, 0.4) is 0 Å². The van der Waals surface area contributed by atoms with Gasteiger partial charge in [0, 0.05) is 18.0 Å². The SMILES string of the molecule is CCc1ccc(NC(=O)N2CCSC2c2ccc3c(c2)OCCO3)cc1. The smallest absolute Gasteiger partial charge is 0.323 e. The molecule has 5 nitrogen and oxygen atoms in total. The van der Waals surface area contributed by atoms with Crippen molar-refractivity contribution in [3.8, 4) is 11.5 Å². The lowest BCUT2D eigenvalue weighted by Gasteiger charge is -2.26. The molecule has 1 atom stereocenters. The van der Waals surface area contributed by atoms with Gasteiger partial charge >= 0.3 is 6.03 Å². The van der Waals surface area contributed by atoms with Gasteiger partial charge in [0.15, 0.2) is 11.5 Å². The maximum Gasteiger partial charge on any atom is 0.323 e. The second-order valence-corrected chi connectivity index (χ2v) is 7.49. The molecule has 2 heterocycles. The Morgan fingerprint density at radius 2 is 1.92 bits per heavy atom. The van der Waals surface area contributed by atoms with Gasteiger partial charge in [0.1, 0.15) is 18.6 Å². The Labute approximate surface area is 157 Å². The van der Waals surface area contributed by atoms with Crippen LogP contribution in [0, 0.1) is 0 Å². The summed E-state index contributed by atoms with van der Waals surface area (Å²) in [6.45, 7) is 3.98. The van der Waals surface area contributed by atoms with Crippen LogP contribution in [0.15, 0.2) is 42.5 Å². The van der Waals surface area contributed by atoms with Crippen molar-refractivity contribution >= 4 is 23.5 Å². The average Bonchev–Trinajstić information content (AvgIpc) is 3.18. The molecule has 26 heavy (non-hydrogen) atoms. The number of nitrogens with zero attached hydrogens (tertiary/aromatic N) is 1. The van der Waals surface area contributed by atoms with Crippen molar-refractivity contribution in [2.24, 2.45) is 0 Å². The van der Waals surface area contributed by atoms with Crippen LogP contribution >= 0.6 is 11.8 Å². The van der Waals surface area contributed by atoms with Crippen molar-refractivity contribution in [3.63, 3.8) is 0 Å². The normalized spacial score (nSPS) is 18.7. The van der Waals surface area contributed by atoms with E-state index in [1.165, 1.54) is 5.56 Å². The van der Waals surface area contributed by atoms with Crippen LogP contribution in [0.4, 0.5) is 10.5 Å². The molecular weight excluding hydrogens is 348 g/mol. The number of carbonyl (C=O) groups excluding carboxylic acids is 1. The number of fused-ring (bicyclic) bond motifs is 1. The molecule has 1 fully saturated rings. The number of urea groups is 1. The molecule has 2 aromatic rings. The average molecular weight is 370 g/mol. The summed E-state index contributed by atoms with van der Waals surface area (Å²) in [6.07, 6.45) is 0.989. The first-order valence-corrected chi connectivity index (χ1v) is 9.97. The molecule has 2 aliphatic rings. The number of benzene rings is 2. The van der Waals surface area contributed by atoms with Crippen molar-refractivity contribution in [3.05, 3.63) is 53.6 Å². The van der Waals surface area contributed by atoms with Gasteiger partial charge in [0.05, 0.1) is 0 Å². The summed E-state index contributed by atoms with van der Waals surface area (Å²) in [7, 11) is 0. The lowest BCUT2D eigenvalue weighted by Crippen LogP contribution is -2.34. The molecule has 2 aliphatic heterocycles. The molecule has 4 rings (SSSR count). The Kier molecular flexibility index (Phi) is 4.93. The van der Waals surface area contributed by atoms with E-state index in [4.69, 9.17) is 9.47 Å². The Bertz CT molecular complexity index is 794. The quantitative estimate of drug-likeness (QED) is 0.875. The number of carbonyl (C=O) groups is 1. The molecule has 6 heteroatoms. The van der Waals surface area contributed by atoms with Crippen LogP contribution in [0.5, 0.6) is 11.5 Å². The third kappa shape index (κ3) is 3.46. The van der Waals surface area contributed by atoms with Crippen LogP contribution in [0.25, 0.3) is 0 Å². The molecule has 0 saturated carbocycles. The van der Waals surface area contributed by atoms with E-state index in [9.17, 15) is 4.79 Å². The number of hydrogen-bond acceptors (Lipinski definition) is 4. The fraction of sp³-hybridized carbons (Fsp3) is 0.350. The largest absolute Gasteiger partial charge is 0.486 e. The molecule has 0 aliphatic carbocycles. The van der Waals surface area contributed by atoms with E-state index < -0.39 is 0 Å². The lowest BCUT2D eigenvalue weighted by molar-refractivity contribution is 0.171. The van der Waals surface area contributed by atoms with Gasteiger partial charge in [-0.1, -0.05) is 25.1 Å². The number of amides is 2. The molecule has 0 aromatic heterocycles. The van der Waals surface area contributed by atoms with Gasteiger partial charge in [0.2, 0.25) is 0 Å². The summed E-state index contributed by atoms with van der Waals surface area (Å²) in [6, 6.07) is 13.9. The van der Waals surface area contributed by atoms with Crippen molar-refractivity contribution < 1.29 is 14.3 Å². The number of thioether (sulfide) groups is 1. The zero-order chi connectivity index (χ0) is 17.9. The number of aryl methyl sites for hydroxylation is 1. The van der Waals surface area contributed by atoms with Crippen molar-refractivity contribution in [1.82, 2.24) is 4.90 Å². The first kappa shape index (κ1) is 17.1. The van der Waals surface area contributed by atoms with Crippen LogP contribution < -0.4 is 14.8 Å². The van der Waals surface area contributed by atoms with Crippen LogP contribution in [0.1, 0.15) is 23.4 Å². The van der Waals surface area contributed by atoms with Gasteiger partial charge in [-0.25, -0.2) is 4.79 Å². The topological polar surface area (TPSA) is 50.8 Å². The van der Waals surface area contributed by atoms with E-state index in [1.54, 1.807) is 11.8 Å². The fourth-order valence-corrected chi connectivity index (χ4v) is 4.43. The summed E-state index contributed by atoms with van der Waals surface area (Å²) in [5.74, 6) is 2.45. The highest BCUT2D eigenvalue weighted by molar-refractivity contribution is 7.99. The lowest BCUT2D eigenvalue weighted by atomic mass is 10.1. The molecule has 0 bridgehead atoms. The first-order valence-electron chi connectivity index (χ1n) is 8.92. The summed E-state index contributed by atoms with van der Waals surface area (Å²) in [4.78, 5) is 14.7. The second kappa shape index (κ2) is 7.50. The highest BCUT2D eigenvalue weighted by Crippen LogP contribution is 2.41. The Morgan fingerprint density at radius 3 is 2.69 bits per heavy atom. The standard InChI is InChI=1S/C20H22N2O3S/c1-2-14-3-6-16(7-4-14)21-20(23)22-9-12-26-19(22)15-5-8-17-18(13-15)25-11-10-24-17/h3-8,13,19H,2,9-12H2,1H3,(H,21,23). The number of hydrogen-bond donors (Lipinski definition) is 1. The zero-order valence-corrected chi connectivity index (χ0v) is 15.6. The van der Waals surface area contributed by atoms with Gasteiger partial charge in [-0.2, -0.15) is 0 Å². The second-order valence-electron chi connectivity index (χ2n) is 6.30. The summed E-state index contributed by atoms with van der Waals surface area (Å²) in [5, 5.41) is 3.00. The molecule has 0 spiro atoms. The van der Waals surface area contributed by atoms with Crippen molar-refractivity contribution in [2.45, 2.75) is 18.7 Å². The Balaban J connectivity index is 1.49. The van der Waals surface area contributed by atoms with E-state index in [0.717, 1.165) is 41.5 Å². The molecule has 136 valence electrons. The van der Waals surface area contributed by atoms with Crippen LogP contribution in [-0.2, 0) is 6.42 Å². The van der Waals surface area contributed by atoms with E-state index in [2.05, 4.69) is 12.2 Å². The van der Waals surface area contributed by atoms with Gasteiger partial charge < -0.3 is 19.7 Å². The predicted molar refractivity (Wildman–Crippen MR) is 104 cm³/mol. The third-order valence-corrected chi connectivity index (χ3v) is 5.88. The maximum atomic E-state index is 12.8. The molecule has 1 unspecified atom stereocenters. The molecule has 1 saturated heterocycles. The molecule has 1 N–H and O–H groups in total. The number of ether oxygens (including phenoxy) is 2. The summed E-state index contributed by atoms with van der Waals surface area (Å²) < 4.78 is 11.3. The number of anilines is 1. The number of rotatable bonds is 3. The minimum absolute atomic E-state index is 0.0132. The molecule has 2 aromatic carbocycles. The van der Waals surface area contributed by atoms with E-state index in [1.807, 2.05) is 47.4 Å². The minimum Gasteiger partial charge on any atom is -0.486 e. The van der Waals surface area contributed by atoms with Crippen LogP contribution in [-0.4, -0.2) is 36.4 Å². The third-order valence-electron chi connectivity index (χ3n) is 4.62. The van der Waals surface area contributed by atoms with Crippen LogP contribution in [0.2, 0.25) is 0 Å². The molecule has 0 radical (unpaired) electrons. The molecular formula is C20H22N2O3S. The first-order chi connectivity index (χ1) is 12.7. The van der Waals surface area contributed by atoms with Crippen molar-refractivity contribution in [1.29, 1.82) is 0 Å². The minimum atomic E-state index is -0.0702. The Morgan fingerprint density at radius 1 is 1.15 bits per heavy atom. The van der Waals surface area contributed by atoms with E-state index >= 15 is 0 Å². The highest BCUT2D eigenvalue weighted by atomic mass is 32.2. The van der Waals surface area contributed by atoms with Gasteiger partial charge in [-0.3, -0.25) is 0 Å². The van der Waals surface area contributed by atoms with E-state index in [-0.39, 0.29) is 11.4 Å². The van der Waals surface area contributed by atoms with Crippen molar-refractivity contribution in [2.75, 3.05) is 30.8 Å². The van der Waals surface area contributed by atoms with Gasteiger partial charge in [-0.15, -0.1) is 11.8 Å². The predicted octanol–water partition coefficient (Wildman–Crippen LogP) is 4.30.